The van der Waals surface area contributed by atoms with Crippen molar-refractivity contribution in [2.45, 2.75) is 99.0 Å². The van der Waals surface area contributed by atoms with Crippen LogP contribution in [-0.2, 0) is 28.7 Å². The van der Waals surface area contributed by atoms with Crippen molar-refractivity contribution in [2.75, 3.05) is 6.61 Å². The maximum absolute atomic E-state index is 14.7. The summed E-state index contributed by atoms with van der Waals surface area (Å²) in [4.78, 5) is 53.8. The number of Topliss-reactive ketones (excluding diaryl/α,β-unsaturated/α-hetero) is 1. The average molecular weight is 548 g/mol. The third-order valence-electron chi connectivity index (χ3n) is 13.1. The summed E-state index contributed by atoms with van der Waals surface area (Å²) in [6.45, 7) is 13.8. The number of nitriles is 1. The summed E-state index contributed by atoms with van der Waals surface area (Å²) in [7, 11) is 0. The van der Waals surface area contributed by atoms with Crippen LogP contribution in [0.5, 0.6) is 0 Å². The number of fused-ring (bicyclic) bond motifs is 4. The van der Waals surface area contributed by atoms with Crippen LogP contribution in [0.1, 0.15) is 93.4 Å². The lowest BCUT2D eigenvalue weighted by Crippen LogP contribution is -2.71. The molecule has 1 spiro atoms. The third kappa shape index (κ3) is 2.86. The lowest BCUT2D eigenvalue weighted by molar-refractivity contribution is -0.207. The maximum Gasteiger partial charge on any atom is 0.313 e. The highest BCUT2D eigenvalue weighted by Crippen LogP contribution is 2.78. The molecule has 6 rings (SSSR count). The van der Waals surface area contributed by atoms with Gasteiger partial charge in [-0.2, -0.15) is 5.26 Å². The minimum atomic E-state index is -1.21. The van der Waals surface area contributed by atoms with Crippen molar-refractivity contribution in [1.29, 1.82) is 5.26 Å². The second kappa shape index (κ2) is 7.75. The SMILES string of the molecule is CC(=O)OC[C@]1(C)C(=O)C(C#N)=C[C@]2(C)C3=CC(=O)[C@]45OC(=O)[C@@]6(CCC(C)(C)C[C@H]64)CC[C@@]5(C)[C@]3(C)CC[C@H]21. The van der Waals surface area contributed by atoms with Gasteiger partial charge >= 0.3 is 11.9 Å². The number of carbonyl (C=O) groups excluding carboxylic acids is 4. The van der Waals surface area contributed by atoms with Gasteiger partial charge in [-0.1, -0.05) is 40.7 Å². The zero-order valence-corrected chi connectivity index (χ0v) is 24.9. The molecule has 0 N–H and O–H groups in total. The first-order valence-corrected chi connectivity index (χ1v) is 14.8. The Morgan fingerprint density at radius 2 is 1.70 bits per heavy atom. The number of ether oxygens (including phenoxy) is 2. The summed E-state index contributed by atoms with van der Waals surface area (Å²) in [5.41, 5.74) is -3.89. The number of nitrogens with zero attached hydrogens (tertiary/aromatic N) is 1. The first kappa shape index (κ1) is 27.4. The highest BCUT2D eigenvalue weighted by Gasteiger charge is 2.82. The summed E-state index contributed by atoms with van der Waals surface area (Å²) in [5.74, 6) is -1.58. The lowest BCUT2D eigenvalue weighted by atomic mass is 9.33. The zero-order valence-electron chi connectivity index (χ0n) is 24.9. The minimum absolute atomic E-state index is 0.00883. The van der Waals surface area contributed by atoms with Gasteiger partial charge in [0, 0.05) is 23.7 Å². The average Bonchev–Trinajstić information content (AvgIpc) is 3.06. The number of allylic oxidation sites excluding steroid dienone is 3. The number of hydrogen-bond acceptors (Lipinski definition) is 7. The van der Waals surface area contributed by atoms with E-state index in [-0.39, 0.29) is 47.0 Å². The van der Waals surface area contributed by atoms with Gasteiger partial charge < -0.3 is 9.47 Å². The van der Waals surface area contributed by atoms with Crippen LogP contribution in [0.2, 0.25) is 0 Å². The molecule has 0 unspecified atom stereocenters. The van der Waals surface area contributed by atoms with Crippen LogP contribution in [-0.4, -0.2) is 35.7 Å². The van der Waals surface area contributed by atoms with Gasteiger partial charge in [-0.3, -0.25) is 19.2 Å². The molecule has 7 nitrogen and oxygen atoms in total. The number of ketones is 2. The van der Waals surface area contributed by atoms with Gasteiger partial charge in [0.25, 0.3) is 0 Å². The van der Waals surface area contributed by atoms with Crippen LogP contribution < -0.4 is 0 Å². The van der Waals surface area contributed by atoms with Crippen LogP contribution in [0.3, 0.4) is 0 Å². The van der Waals surface area contributed by atoms with Crippen molar-refractivity contribution in [1.82, 2.24) is 0 Å². The van der Waals surface area contributed by atoms with Crippen molar-refractivity contribution in [3.63, 3.8) is 0 Å². The predicted molar refractivity (Wildman–Crippen MR) is 145 cm³/mol. The fourth-order valence-electron chi connectivity index (χ4n) is 10.7. The Bertz CT molecular complexity index is 1380. The van der Waals surface area contributed by atoms with Crippen molar-refractivity contribution >= 4 is 23.5 Å². The molecule has 0 aromatic carbocycles. The lowest BCUT2D eigenvalue weighted by Gasteiger charge is -2.69. The van der Waals surface area contributed by atoms with Gasteiger partial charge in [-0.25, -0.2) is 0 Å². The molecular formula is C33H41NO6. The minimum Gasteiger partial charge on any atom is -0.465 e. The molecule has 7 heteroatoms. The molecule has 4 fully saturated rings. The summed E-state index contributed by atoms with van der Waals surface area (Å²) in [5, 5.41) is 10.0. The molecule has 1 aliphatic heterocycles. The highest BCUT2D eigenvalue weighted by atomic mass is 16.6. The predicted octanol–water partition coefficient (Wildman–Crippen LogP) is 5.43. The van der Waals surface area contributed by atoms with Crippen molar-refractivity contribution in [3.8, 4) is 6.07 Å². The van der Waals surface area contributed by atoms with E-state index in [2.05, 4.69) is 33.8 Å². The normalized spacial score (nSPS) is 48.3. The molecule has 40 heavy (non-hydrogen) atoms. The van der Waals surface area contributed by atoms with Gasteiger partial charge in [0.15, 0.2) is 17.2 Å². The fourth-order valence-corrected chi connectivity index (χ4v) is 10.7. The second-order valence-corrected chi connectivity index (χ2v) is 15.4. The molecule has 0 aromatic rings. The van der Waals surface area contributed by atoms with Crippen molar-refractivity contribution < 1.29 is 28.7 Å². The smallest absolute Gasteiger partial charge is 0.313 e. The second-order valence-electron chi connectivity index (χ2n) is 15.4. The molecule has 3 saturated carbocycles. The molecule has 2 bridgehead atoms. The monoisotopic (exact) mass is 547 g/mol. The Kier molecular flexibility index (Phi) is 5.31. The maximum atomic E-state index is 14.7. The number of rotatable bonds is 2. The van der Waals surface area contributed by atoms with Crippen LogP contribution in [0.4, 0.5) is 0 Å². The fraction of sp³-hybridized carbons (Fsp3) is 0.727. The van der Waals surface area contributed by atoms with Gasteiger partial charge in [0.05, 0.1) is 16.4 Å². The van der Waals surface area contributed by atoms with E-state index in [1.807, 2.05) is 6.92 Å². The van der Waals surface area contributed by atoms with E-state index < -0.39 is 38.6 Å². The zero-order chi connectivity index (χ0) is 29.3. The Morgan fingerprint density at radius 3 is 2.35 bits per heavy atom. The molecule has 1 heterocycles. The van der Waals surface area contributed by atoms with Crippen LogP contribution in [0.15, 0.2) is 23.3 Å². The van der Waals surface area contributed by atoms with E-state index in [0.717, 1.165) is 24.8 Å². The van der Waals surface area contributed by atoms with E-state index in [4.69, 9.17) is 9.47 Å². The summed E-state index contributed by atoms with van der Waals surface area (Å²) in [6, 6.07) is 2.11. The Hall–Kier alpha value is -2.75. The Balaban J connectivity index is 1.56. The molecule has 214 valence electrons. The number of esters is 2. The molecular weight excluding hydrogens is 506 g/mol. The first-order chi connectivity index (χ1) is 18.5. The highest BCUT2D eigenvalue weighted by molar-refractivity contribution is 6.07. The van der Waals surface area contributed by atoms with Crippen molar-refractivity contribution in [3.05, 3.63) is 23.3 Å². The standard InChI is InChI=1S/C33H41NO6/c1-19(35)39-18-29(5)21-8-9-30(6)22(28(21,4)15-20(17-34)25(29)37)14-24(36)33-23-16-27(2,3)10-12-32(23,26(38)40-33)13-11-31(30,33)7/h14-15,21,23H,8-13,16,18H2,1-7H3/t21-,23-,28+,29+,30-,31+,32+,33-/m1/s1. The van der Waals surface area contributed by atoms with Crippen LogP contribution in [0, 0.1) is 55.7 Å². The first-order valence-electron chi connectivity index (χ1n) is 14.8. The van der Waals surface area contributed by atoms with Crippen LogP contribution in [0.25, 0.3) is 0 Å². The molecule has 5 aliphatic carbocycles. The van der Waals surface area contributed by atoms with E-state index in [1.165, 1.54) is 6.92 Å². The van der Waals surface area contributed by atoms with Crippen molar-refractivity contribution in [2.24, 2.45) is 44.3 Å². The Morgan fingerprint density at radius 1 is 1.02 bits per heavy atom. The van der Waals surface area contributed by atoms with Crippen LogP contribution >= 0.6 is 0 Å². The molecule has 0 amide bonds. The molecule has 0 aromatic heterocycles. The van der Waals surface area contributed by atoms with Gasteiger partial charge in [-0.15, -0.1) is 0 Å². The quantitative estimate of drug-likeness (QED) is 0.424. The molecule has 8 atom stereocenters. The molecule has 1 saturated heterocycles. The summed E-state index contributed by atoms with van der Waals surface area (Å²) >= 11 is 0. The van der Waals surface area contributed by atoms with Gasteiger partial charge in [0.1, 0.15) is 12.7 Å². The van der Waals surface area contributed by atoms with Gasteiger partial charge in [-0.05, 0) is 80.3 Å². The van der Waals surface area contributed by atoms with Gasteiger partial charge in [0.2, 0.25) is 0 Å². The molecule has 0 radical (unpaired) electrons. The number of carbonyl (C=O) groups is 4. The topological polar surface area (TPSA) is 111 Å². The van der Waals surface area contributed by atoms with E-state index >= 15 is 0 Å². The summed E-state index contributed by atoms with van der Waals surface area (Å²) < 4.78 is 11.9. The van der Waals surface area contributed by atoms with E-state index in [0.29, 0.717) is 25.7 Å². The Labute approximate surface area is 236 Å². The largest absolute Gasteiger partial charge is 0.465 e. The summed E-state index contributed by atoms with van der Waals surface area (Å²) in [6.07, 6.45) is 8.73. The molecule has 6 aliphatic rings. The third-order valence-corrected chi connectivity index (χ3v) is 13.1. The van der Waals surface area contributed by atoms with E-state index in [1.54, 1.807) is 19.1 Å². The van der Waals surface area contributed by atoms with E-state index in [9.17, 15) is 24.4 Å². The number of hydrogen-bond donors (Lipinski definition) is 0.